The van der Waals surface area contributed by atoms with Crippen LogP contribution in [0.5, 0.6) is 0 Å². The Kier molecular flexibility index (Phi) is 7.64. The molecule has 4 nitrogen and oxygen atoms in total. The van der Waals surface area contributed by atoms with Crippen molar-refractivity contribution in [3.63, 3.8) is 0 Å². The van der Waals surface area contributed by atoms with E-state index in [-0.39, 0.29) is 0 Å². The molecule has 6 aromatic rings. The summed E-state index contributed by atoms with van der Waals surface area (Å²) in [5.74, 6) is 1.62. The van der Waals surface area contributed by atoms with Crippen LogP contribution in [-0.4, -0.2) is 19.7 Å². The second kappa shape index (κ2) is 12.0. The maximum Gasteiger partial charge on any atom is 0.192 e. The lowest BCUT2D eigenvalue weighted by Crippen LogP contribution is -2.02. The van der Waals surface area contributed by atoms with Crippen LogP contribution >= 0.6 is 11.8 Å². The minimum Gasteiger partial charge on any atom is -0.298 e. The molecule has 0 aliphatic carbocycles. The standard InChI is InChI=1S/C35H28N4S/c1-2-23-39-34(31-24-33(29-13-7-4-8-14-29)36-32-16-10-9-15-30(31)32)37-38-35(39)40-25-28-21-19-27(20-22-28)18-17-26-11-5-3-6-12-26/h2-22,24H,1,23,25H2. The summed E-state index contributed by atoms with van der Waals surface area (Å²) in [6.07, 6.45) is 6.17. The van der Waals surface area contributed by atoms with Gasteiger partial charge in [-0.15, -0.1) is 16.8 Å². The molecule has 5 heteroatoms. The summed E-state index contributed by atoms with van der Waals surface area (Å²) in [6, 6.07) is 39.6. The van der Waals surface area contributed by atoms with E-state index >= 15 is 0 Å². The number of fused-ring (bicyclic) bond motifs is 1. The summed E-state index contributed by atoms with van der Waals surface area (Å²) in [5, 5.41) is 11.2. The normalized spacial score (nSPS) is 11.3. The Morgan fingerprint density at radius 3 is 2.15 bits per heavy atom. The van der Waals surface area contributed by atoms with Crippen LogP contribution in [0.3, 0.4) is 0 Å². The lowest BCUT2D eigenvalue weighted by molar-refractivity contribution is 0.731. The highest BCUT2D eigenvalue weighted by molar-refractivity contribution is 7.98. The SMILES string of the molecule is C=CCn1c(SCc2ccc(C=Cc3ccccc3)cc2)nnc1-c1cc(-c2ccccc2)nc2ccccc12. The number of thioether (sulfide) groups is 1. The Labute approximate surface area is 238 Å². The largest absolute Gasteiger partial charge is 0.298 e. The first-order chi connectivity index (χ1) is 19.8. The van der Waals surface area contributed by atoms with Crippen LogP contribution in [0.15, 0.2) is 133 Å². The van der Waals surface area contributed by atoms with Gasteiger partial charge in [0.2, 0.25) is 0 Å². The fraction of sp³-hybridized carbons (Fsp3) is 0.0571. The molecule has 0 aliphatic heterocycles. The van der Waals surface area contributed by atoms with E-state index < -0.39 is 0 Å². The molecule has 0 unspecified atom stereocenters. The molecular weight excluding hydrogens is 508 g/mol. The Morgan fingerprint density at radius 2 is 1.40 bits per heavy atom. The average molecular weight is 537 g/mol. The third kappa shape index (κ3) is 5.65. The topological polar surface area (TPSA) is 43.6 Å². The summed E-state index contributed by atoms with van der Waals surface area (Å²) in [6.45, 7) is 4.62. The lowest BCUT2D eigenvalue weighted by atomic mass is 10.0. The summed E-state index contributed by atoms with van der Waals surface area (Å²) >= 11 is 1.69. The van der Waals surface area contributed by atoms with Crippen LogP contribution in [0.25, 0.3) is 45.7 Å². The van der Waals surface area contributed by atoms with E-state index in [1.54, 1.807) is 11.8 Å². The van der Waals surface area contributed by atoms with Gasteiger partial charge in [-0.1, -0.05) is 133 Å². The molecule has 0 spiro atoms. The van der Waals surface area contributed by atoms with Crippen molar-refractivity contribution in [3.05, 3.63) is 145 Å². The summed E-state index contributed by atoms with van der Waals surface area (Å²) < 4.78 is 2.14. The molecule has 2 heterocycles. The Bertz CT molecular complexity index is 1770. The van der Waals surface area contributed by atoms with Crippen molar-refractivity contribution in [2.24, 2.45) is 0 Å². The molecule has 0 radical (unpaired) electrons. The van der Waals surface area contributed by atoms with Crippen molar-refractivity contribution in [2.45, 2.75) is 17.5 Å². The molecule has 0 bridgehead atoms. The monoisotopic (exact) mass is 536 g/mol. The van der Waals surface area contributed by atoms with E-state index in [4.69, 9.17) is 4.98 Å². The fourth-order valence-electron chi connectivity index (χ4n) is 4.64. The maximum absolute atomic E-state index is 4.94. The lowest BCUT2D eigenvalue weighted by Gasteiger charge is -2.12. The zero-order chi connectivity index (χ0) is 27.1. The molecule has 0 atom stereocenters. The van der Waals surface area contributed by atoms with Gasteiger partial charge in [0.25, 0.3) is 0 Å². The van der Waals surface area contributed by atoms with E-state index in [1.165, 1.54) is 16.7 Å². The first kappa shape index (κ1) is 25.5. The number of aromatic nitrogens is 4. The van der Waals surface area contributed by atoms with Crippen LogP contribution < -0.4 is 0 Å². The number of pyridine rings is 1. The van der Waals surface area contributed by atoms with Crippen molar-refractivity contribution in [2.75, 3.05) is 0 Å². The number of nitrogens with zero attached hydrogens (tertiary/aromatic N) is 4. The van der Waals surface area contributed by atoms with Gasteiger partial charge >= 0.3 is 0 Å². The molecule has 0 saturated heterocycles. The first-order valence-corrected chi connectivity index (χ1v) is 14.2. The number of hydrogen-bond acceptors (Lipinski definition) is 4. The molecule has 0 aliphatic rings. The molecule has 6 rings (SSSR count). The predicted octanol–water partition coefficient (Wildman–Crippen LogP) is 8.81. The minimum absolute atomic E-state index is 0.616. The molecular formula is C35H28N4S. The van der Waals surface area contributed by atoms with Gasteiger partial charge in [-0.25, -0.2) is 4.98 Å². The highest BCUT2D eigenvalue weighted by atomic mass is 32.2. The average Bonchev–Trinajstić information content (AvgIpc) is 3.42. The van der Waals surface area contributed by atoms with Gasteiger partial charge in [-0.2, -0.15) is 0 Å². The van der Waals surface area contributed by atoms with Gasteiger partial charge < -0.3 is 0 Å². The third-order valence-electron chi connectivity index (χ3n) is 6.67. The van der Waals surface area contributed by atoms with Gasteiger partial charge in [-0.3, -0.25) is 4.57 Å². The van der Waals surface area contributed by atoms with Crippen LogP contribution in [0.4, 0.5) is 0 Å². The smallest absolute Gasteiger partial charge is 0.192 e. The predicted molar refractivity (Wildman–Crippen MR) is 168 cm³/mol. The zero-order valence-corrected chi connectivity index (χ0v) is 22.8. The summed E-state index contributed by atoms with van der Waals surface area (Å²) in [4.78, 5) is 4.94. The van der Waals surface area contributed by atoms with Crippen LogP contribution in [0.2, 0.25) is 0 Å². The van der Waals surface area contributed by atoms with E-state index in [0.29, 0.717) is 6.54 Å². The number of allylic oxidation sites excluding steroid dienone is 1. The molecule has 0 saturated carbocycles. The highest BCUT2D eigenvalue weighted by Gasteiger charge is 2.18. The minimum atomic E-state index is 0.616. The van der Waals surface area contributed by atoms with Crippen LogP contribution in [0, 0.1) is 0 Å². The van der Waals surface area contributed by atoms with E-state index in [0.717, 1.165) is 44.5 Å². The quantitative estimate of drug-likeness (QED) is 0.105. The maximum atomic E-state index is 4.94. The van der Waals surface area contributed by atoms with E-state index in [1.807, 2.05) is 48.5 Å². The molecule has 0 amide bonds. The van der Waals surface area contributed by atoms with Gasteiger partial charge in [0, 0.05) is 28.8 Å². The Morgan fingerprint density at radius 1 is 0.725 bits per heavy atom. The number of hydrogen-bond donors (Lipinski definition) is 0. The molecule has 194 valence electrons. The highest BCUT2D eigenvalue weighted by Crippen LogP contribution is 2.33. The van der Waals surface area contributed by atoms with Crippen LogP contribution in [0.1, 0.15) is 16.7 Å². The molecule has 0 N–H and O–H groups in total. The van der Waals surface area contributed by atoms with E-state index in [9.17, 15) is 0 Å². The third-order valence-corrected chi connectivity index (χ3v) is 7.71. The van der Waals surface area contributed by atoms with Crippen LogP contribution in [-0.2, 0) is 12.3 Å². The van der Waals surface area contributed by atoms with Gasteiger partial charge in [-0.05, 0) is 28.8 Å². The molecule has 40 heavy (non-hydrogen) atoms. The van der Waals surface area contributed by atoms with Gasteiger partial charge in [0.05, 0.1) is 11.2 Å². The van der Waals surface area contributed by atoms with Crippen molar-refractivity contribution >= 4 is 34.8 Å². The van der Waals surface area contributed by atoms with Crippen molar-refractivity contribution in [1.29, 1.82) is 0 Å². The zero-order valence-electron chi connectivity index (χ0n) is 22.0. The molecule has 4 aromatic carbocycles. The molecule has 0 fully saturated rings. The second-order valence-electron chi connectivity index (χ2n) is 9.42. The van der Waals surface area contributed by atoms with Crippen molar-refractivity contribution in [1.82, 2.24) is 19.7 Å². The van der Waals surface area contributed by atoms with Crippen molar-refractivity contribution in [3.8, 4) is 22.6 Å². The van der Waals surface area contributed by atoms with Gasteiger partial charge in [0.1, 0.15) is 0 Å². The van der Waals surface area contributed by atoms with Gasteiger partial charge in [0.15, 0.2) is 11.0 Å². The number of benzene rings is 4. The number of rotatable bonds is 9. The van der Waals surface area contributed by atoms with E-state index in [2.05, 4.69) is 106 Å². The van der Waals surface area contributed by atoms with Crippen molar-refractivity contribution < 1.29 is 0 Å². The Balaban J connectivity index is 1.27. The number of para-hydroxylation sites is 1. The summed E-state index contributed by atoms with van der Waals surface area (Å²) in [7, 11) is 0. The molecule has 2 aromatic heterocycles. The summed E-state index contributed by atoms with van der Waals surface area (Å²) in [5.41, 5.74) is 7.53. The Hall–Kier alpha value is -4.74. The second-order valence-corrected chi connectivity index (χ2v) is 10.4. The fourth-order valence-corrected chi connectivity index (χ4v) is 5.54. The first-order valence-electron chi connectivity index (χ1n) is 13.2.